The first kappa shape index (κ1) is 12.5. The average Bonchev–Trinajstić information content (AvgIpc) is 2.29. The maximum atomic E-state index is 11.1. The largest absolute Gasteiger partial charge is 0.493 e. The molecule has 0 fully saturated rings. The summed E-state index contributed by atoms with van der Waals surface area (Å²) in [6.45, 7) is 0.738. The lowest BCUT2D eigenvalue weighted by molar-refractivity contribution is 0.0996. The van der Waals surface area contributed by atoms with E-state index in [0.29, 0.717) is 17.9 Å². The molecule has 0 atom stereocenters. The molecule has 0 aromatic heterocycles. The Morgan fingerprint density at radius 2 is 2.00 bits per heavy atom. The number of aliphatic hydroxyl groups is 1. The van der Waals surface area contributed by atoms with Gasteiger partial charge < -0.3 is 15.6 Å². The number of para-hydroxylation sites is 1. The van der Waals surface area contributed by atoms with Gasteiger partial charge in [0.25, 0.3) is 5.91 Å². The lowest BCUT2D eigenvalue weighted by atomic mass is 10.2. The fraction of sp³-hybridized carbons (Fsp3) is 0.417. The monoisotopic (exact) mass is 223 g/mol. The van der Waals surface area contributed by atoms with E-state index in [4.69, 9.17) is 15.6 Å². The fourth-order valence-electron chi connectivity index (χ4n) is 1.37. The molecule has 0 saturated carbocycles. The second-order valence-electron chi connectivity index (χ2n) is 3.49. The van der Waals surface area contributed by atoms with E-state index in [2.05, 4.69) is 0 Å². The highest BCUT2D eigenvalue weighted by molar-refractivity contribution is 5.95. The third-order valence-corrected chi connectivity index (χ3v) is 2.21. The highest BCUT2D eigenvalue weighted by atomic mass is 16.5. The van der Waals surface area contributed by atoms with Crippen LogP contribution in [0.3, 0.4) is 0 Å². The third-order valence-electron chi connectivity index (χ3n) is 2.21. The average molecular weight is 223 g/mol. The van der Waals surface area contributed by atoms with Crippen molar-refractivity contribution in [3.8, 4) is 5.75 Å². The maximum Gasteiger partial charge on any atom is 0.252 e. The molecule has 0 aliphatic carbocycles. The molecule has 0 bridgehead atoms. The zero-order valence-corrected chi connectivity index (χ0v) is 9.19. The van der Waals surface area contributed by atoms with Crippen LogP contribution in [-0.2, 0) is 0 Å². The number of unbranched alkanes of at least 4 members (excludes halogenated alkanes) is 2. The molecule has 0 unspecified atom stereocenters. The van der Waals surface area contributed by atoms with E-state index < -0.39 is 5.91 Å². The Hall–Kier alpha value is -1.55. The summed E-state index contributed by atoms with van der Waals surface area (Å²) in [7, 11) is 0. The van der Waals surface area contributed by atoms with E-state index in [1.807, 2.05) is 0 Å². The highest BCUT2D eigenvalue weighted by Gasteiger charge is 2.07. The summed E-state index contributed by atoms with van der Waals surface area (Å²) in [5.41, 5.74) is 5.62. The number of ether oxygens (including phenoxy) is 1. The van der Waals surface area contributed by atoms with Crippen molar-refractivity contribution < 1.29 is 14.6 Å². The normalized spacial score (nSPS) is 10.1. The van der Waals surface area contributed by atoms with Crippen molar-refractivity contribution in [3.05, 3.63) is 29.8 Å². The van der Waals surface area contributed by atoms with Crippen LogP contribution in [0.5, 0.6) is 5.75 Å². The lowest BCUT2D eigenvalue weighted by Crippen LogP contribution is -2.13. The molecule has 0 aliphatic heterocycles. The van der Waals surface area contributed by atoms with Gasteiger partial charge in [0.15, 0.2) is 0 Å². The van der Waals surface area contributed by atoms with Gasteiger partial charge in [0.05, 0.1) is 12.2 Å². The second-order valence-corrected chi connectivity index (χ2v) is 3.49. The van der Waals surface area contributed by atoms with Gasteiger partial charge in [-0.3, -0.25) is 4.79 Å². The number of carbonyl (C=O) groups is 1. The van der Waals surface area contributed by atoms with E-state index in [1.54, 1.807) is 24.3 Å². The van der Waals surface area contributed by atoms with Crippen molar-refractivity contribution >= 4 is 5.91 Å². The number of primary amides is 1. The van der Waals surface area contributed by atoms with Gasteiger partial charge in [0.2, 0.25) is 0 Å². The zero-order valence-electron chi connectivity index (χ0n) is 9.19. The molecule has 1 aromatic carbocycles. The first-order valence-electron chi connectivity index (χ1n) is 5.38. The SMILES string of the molecule is NC(=O)c1ccccc1OCCCCCO. The molecule has 88 valence electrons. The molecule has 0 radical (unpaired) electrons. The predicted molar refractivity (Wildman–Crippen MR) is 61.4 cm³/mol. The topological polar surface area (TPSA) is 72.6 Å². The molecule has 0 saturated heterocycles. The summed E-state index contributed by atoms with van der Waals surface area (Å²) in [5.74, 6) is 0.0463. The van der Waals surface area contributed by atoms with E-state index in [1.165, 1.54) is 0 Å². The van der Waals surface area contributed by atoms with E-state index >= 15 is 0 Å². The van der Waals surface area contributed by atoms with Crippen molar-refractivity contribution in [1.29, 1.82) is 0 Å². The molecule has 1 aromatic rings. The molecule has 4 heteroatoms. The number of benzene rings is 1. The van der Waals surface area contributed by atoms with Crippen molar-refractivity contribution in [3.63, 3.8) is 0 Å². The zero-order chi connectivity index (χ0) is 11.8. The van der Waals surface area contributed by atoms with Crippen LogP contribution in [0.1, 0.15) is 29.6 Å². The molecule has 16 heavy (non-hydrogen) atoms. The Balaban J connectivity index is 2.44. The summed E-state index contributed by atoms with van der Waals surface area (Å²) in [5, 5.41) is 8.60. The Bertz CT molecular complexity index is 339. The quantitative estimate of drug-likeness (QED) is 0.685. The molecular weight excluding hydrogens is 206 g/mol. The van der Waals surface area contributed by atoms with E-state index in [-0.39, 0.29) is 6.61 Å². The number of hydrogen-bond acceptors (Lipinski definition) is 3. The van der Waals surface area contributed by atoms with Crippen LogP contribution in [0.2, 0.25) is 0 Å². The van der Waals surface area contributed by atoms with Gasteiger partial charge >= 0.3 is 0 Å². The molecule has 1 rings (SSSR count). The van der Waals surface area contributed by atoms with Crippen LogP contribution in [0.15, 0.2) is 24.3 Å². The molecular formula is C12H17NO3. The summed E-state index contributed by atoms with van der Waals surface area (Å²) < 4.78 is 5.46. The van der Waals surface area contributed by atoms with Crippen LogP contribution in [0.25, 0.3) is 0 Å². The Labute approximate surface area is 95.0 Å². The minimum Gasteiger partial charge on any atom is -0.493 e. The van der Waals surface area contributed by atoms with Gasteiger partial charge in [-0.15, -0.1) is 0 Å². The summed E-state index contributed by atoms with van der Waals surface area (Å²) in [6.07, 6.45) is 2.55. The van der Waals surface area contributed by atoms with Crippen molar-refractivity contribution in [2.75, 3.05) is 13.2 Å². The van der Waals surface area contributed by atoms with Gasteiger partial charge in [-0.2, -0.15) is 0 Å². The first-order chi connectivity index (χ1) is 7.75. The van der Waals surface area contributed by atoms with Crippen molar-refractivity contribution in [1.82, 2.24) is 0 Å². The van der Waals surface area contributed by atoms with Gasteiger partial charge in [0, 0.05) is 6.61 Å². The molecule has 0 aliphatic rings. The van der Waals surface area contributed by atoms with Crippen LogP contribution >= 0.6 is 0 Å². The van der Waals surface area contributed by atoms with E-state index in [9.17, 15) is 4.79 Å². The summed E-state index contributed by atoms with van der Waals surface area (Å²) >= 11 is 0. The lowest BCUT2D eigenvalue weighted by Gasteiger charge is -2.08. The molecule has 4 nitrogen and oxygen atoms in total. The summed E-state index contributed by atoms with van der Waals surface area (Å²) in [4.78, 5) is 11.1. The van der Waals surface area contributed by atoms with Crippen LogP contribution in [0.4, 0.5) is 0 Å². The van der Waals surface area contributed by atoms with Gasteiger partial charge in [-0.1, -0.05) is 12.1 Å². The first-order valence-corrected chi connectivity index (χ1v) is 5.38. The Morgan fingerprint density at radius 3 is 2.69 bits per heavy atom. The second kappa shape index (κ2) is 6.85. The van der Waals surface area contributed by atoms with Crippen molar-refractivity contribution in [2.45, 2.75) is 19.3 Å². The van der Waals surface area contributed by atoms with E-state index in [0.717, 1.165) is 19.3 Å². The minimum absolute atomic E-state index is 0.206. The van der Waals surface area contributed by atoms with Gasteiger partial charge in [-0.05, 0) is 31.4 Å². The number of hydrogen-bond donors (Lipinski definition) is 2. The number of aliphatic hydroxyl groups excluding tert-OH is 1. The van der Waals surface area contributed by atoms with Gasteiger partial charge in [0.1, 0.15) is 5.75 Å². The number of amides is 1. The number of nitrogens with two attached hydrogens (primary N) is 1. The van der Waals surface area contributed by atoms with Crippen LogP contribution < -0.4 is 10.5 Å². The molecule has 0 heterocycles. The fourth-order valence-corrected chi connectivity index (χ4v) is 1.37. The third kappa shape index (κ3) is 3.90. The Morgan fingerprint density at radius 1 is 1.25 bits per heavy atom. The van der Waals surface area contributed by atoms with Crippen LogP contribution in [-0.4, -0.2) is 24.2 Å². The minimum atomic E-state index is -0.481. The standard InChI is InChI=1S/C12H17NO3/c13-12(15)10-6-2-3-7-11(10)16-9-5-1-4-8-14/h2-3,6-7,14H,1,4-5,8-9H2,(H2,13,15). The maximum absolute atomic E-state index is 11.1. The van der Waals surface area contributed by atoms with Crippen LogP contribution in [0, 0.1) is 0 Å². The summed E-state index contributed by atoms with van der Waals surface area (Å²) in [6, 6.07) is 6.92. The number of carbonyl (C=O) groups excluding carboxylic acids is 1. The van der Waals surface area contributed by atoms with Gasteiger partial charge in [-0.25, -0.2) is 0 Å². The molecule has 0 spiro atoms. The Kier molecular flexibility index (Phi) is 5.36. The van der Waals surface area contributed by atoms with Crippen molar-refractivity contribution in [2.24, 2.45) is 5.73 Å². The molecule has 3 N–H and O–H groups in total. The molecule has 1 amide bonds. The highest BCUT2D eigenvalue weighted by Crippen LogP contribution is 2.17. The smallest absolute Gasteiger partial charge is 0.252 e. The predicted octanol–water partition coefficient (Wildman–Crippen LogP) is 1.33. The number of rotatable bonds is 7.